The Hall–Kier alpha value is -1.41. The summed E-state index contributed by atoms with van der Waals surface area (Å²) in [5, 5.41) is 21.3. The van der Waals surface area contributed by atoms with Gasteiger partial charge in [0.2, 0.25) is 0 Å². The molecule has 7 nitrogen and oxygen atoms in total. The highest BCUT2D eigenvalue weighted by Crippen LogP contribution is 2.29. The van der Waals surface area contributed by atoms with Crippen LogP contribution in [0.1, 0.15) is 0 Å². The number of nitro groups is 1. The number of β-amino-alcohol motifs (C(OH)–C–C–N with tert-alkyl or cyclic N) is 1. The molecule has 0 saturated carbocycles. The van der Waals surface area contributed by atoms with Crippen LogP contribution in [0.25, 0.3) is 0 Å². The monoisotopic (exact) mass is 342 g/mol. The lowest BCUT2D eigenvalue weighted by atomic mass is 10.2. The SMILES string of the molecule is CN1CCN(CC(O)CN(C)c2ccc([N+](=O)[O-])cc2Cl)CC1. The zero-order chi connectivity index (χ0) is 17.0. The number of rotatable bonds is 6. The van der Waals surface area contributed by atoms with Crippen molar-refractivity contribution in [1.82, 2.24) is 9.80 Å². The van der Waals surface area contributed by atoms with Gasteiger partial charge < -0.3 is 14.9 Å². The Labute approximate surface area is 141 Å². The minimum absolute atomic E-state index is 0.0369. The van der Waals surface area contributed by atoms with Gasteiger partial charge >= 0.3 is 0 Å². The molecule has 1 heterocycles. The zero-order valence-corrected chi connectivity index (χ0v) is 14.2. The van der Waals surface area contributed by atoms with E-state index >= 15 is 0 Å². The van der Waals surface area contributed by atoms with E-state index in [0.717, 1.165) is 26.2 Å². The number of aliphatic hydroxyl groups excluding tert-OH is 1. The van der Waals surface area contributed by atoms with E-state index in [1.807, 2.05) is 11.9 Å². The first-order chi connectivity index (χ1) is 10.9. The quantitative estimate of drug-likeness (QED) is 0.620. The fourth-order valence-corrected chi connectivity index (χ4v) is 3.04. The summed E-state index contributed by atoms with van der Waals surface area (Å²) >= 11 is 6.12. The van der Waals surface area contributed by atoms with Gasteiger partial charge in [0.25, 0.3) is 5.69 Å². The molecule has 0 aromatic heterocycles. The van der Waals surface area contributed by atoms with Crippen molar-refractivity contribution in [3.63, 3.8) is 0 Å². The van der Waals surface area contributed by atoms with Crippen LogP contribution in [0.15, 0.2) is 18.2 Å². The average molecular weight is 343 g/mol. The van der Waals surface area contributed by atoms with Crippen LogP contribution in [0.3, 0.4) is 0 Å². The molecule has 1 aromatic rings. The highest BCUT2D eigenvalue weighted by Gasteiger charge is 2.19. The van der Waals surface area contributed by atoms with Gasteiger partial charge in [-0.1, -0.05) is 11.6 Å². The van der Waals surface area contributed by atoms with Gasteiger partial charge in [0.1, 0.15) is 0 Å². The average Bonchev–Trinajstić information content (AvgIpc) is 2.49. The summed E-state index contributed by atoms with van der Waals surface area (Å²) in [7, 11) is 3.92. The number of aliphatic hydroxyl groups is 1. The molecule has 1 aliphatic heterocycles. The summed E-state index contributed by atoms with van der Waals surface area (Å²) in [5.41, 5.74) is 0.639. The summed E-state index contributed by atoms with van der Waals surface area (Å²) in [5.74, 6) is 0. The summed E-state index contributed by atoms with van der Waals surface area (Å²) in [6, 6.07) is 4.37. The molecule has 1 fully saturated rings. The summed E-state index contributed by atoms with van der Waals surface area (Å²) in [6.45, 7) is 4.96. The normalized spacial score (nSPS) is 17.9. The van der Waals surface area contributed by atoms with Crippen molar-refractivity contribution < 1.29 is 10.0 Å². The van der Waals surface area contributed by atoms with Crippen molar-refractivity contribution in [3.8, 4) is 0 Å². The van der Waals surface area contributed by atoms with Crippen LogP contribution in [0.4, 0.5) is 11.4 Å². The van der Waals surface area contributed by atoms with Crippen LogP contribution in [-0.2, 0) is 0 Å². The Bertz CT molecular complexity index is 550. The van der Waals surface area contributed by atoms with E-state index in [2.05, 4.69) is 16.8 Å². The Balaban J connectivity index is 1.90. The van der Waals surface area contributed by atoms with Gasteiger partial charge in [-0.3, -0.25) is 15.0 Å². The van der Waals surface area contributed by atoms with Crippen molar-refractivity contribution in [2.75, 3.05) is 58.3 Å². The second-order valence-electron chi connectivity index (χ2n) is 6.03. The minimum atomic E-state index is -0.505. The molecule has 0 aliphatic carbocycles. The Kier molecular flexibility index (Phi) is 6.17. The van der Waals surface area contributed by atoms with Crippen LogP contribution in [0.2, 0.25) is 5.02 Å². The lowest BCUT2D eigenvalue weighted by molar-refractivity contribution is -0.384. The fourth-order valence-electron chi connectivity index (χ4n) is 2.72. The van der Waals surface area contributed by atoms with E-state index in [9.17, 15) is 15.2 Å². The Morgan fingerprint density at radius 3 is 2.61 bits per heavy atom. The lowest BCUT2D eigenvalue weighted by Gasteiger charge is -2.34. The van der Waals surface area contributed by atoms with Crippen molar-refractivity contribution in [3.05, 3.63) is 33.3 Å². The number of nitro benzene ring substituents is 1. The van der Waals surface area contributed by atoms with Gasteiger partial charge in [-0.25, -0.2) is 0 Å². The Morgan fingerprint density at radius 2 is 2.04 bits per heavy atom. The molecule has 1 unspecified atom stereocenters. The third-order valence-corrected chi connectivity index (χ3v) is 4.41. The van der Waals surface area contributed by atoms with Crippen molar-refractivity contribution in [2.24, 2.45) is 0 Å². The van der Waals surface area contributed by atoms with E-state index in [0.29, 0.717) is 23.8 Å². The predicted molar refractivity (Wildman–Crippen MR) is 91.3 cm³/mol. The Morgan fingerprint density at radius 1 is 1.39 bits per heavy atom. The number of likely N-dealkylation sites (N-methyl/N-ethyl adjacent to an activating group) is 2. The number of hydrogen-bond acceptors (Lipinski definition) is 6. The van der Waals surface area contributed by atoms with Crippen molar-refractivity contribution >= 4 is 23.0 Å². The topological polar surface area (TPSA) is 73.1 Å². The molecule has 1 aromatic carbocycles. The van der Waals surface area contributed by atoms with Gasteiger partial charge in [0, 0.05) is 58.4 Å². The van der Waals surface area contributed by atoms with E-state index < -0.39 is 11.0 Å². The number of non-ortho nitro benzene ring substituents is 1. The molecular formula is C15H23ClN4O3. The zero-order valence-electron chi connectivity index (χ0n) is 13.5. The third kappa shape index (κ3) is 5.04. The first-order valence-electron chi connectivity index (χ1n) is 7.61. The molecule has 0 bridgehead atoms. The molecule has 0 radical (unpaired) electrons. The fraction of sp³-hybridized carbons (Fsp3) is 0.600. The first kappa shape index (κ1) is 17.9. The first-order valence-corrected chi connectivity index (χ1v) is 7.98. The maximum atomic E-state index is 10.7. The van der Waals surface area contributed by atoms with Crippen molar-refractivity contribution in [2.45, 2.75) is 6.10 Å². The van der Waals surface area contributed by atoms with E-state index in [1.54, 1.807) is 6.07 Å². The maximum absolute atomic E-state index is 10.7. The smallest absolute Gasteiger partial charge is 0.271 e. The number of halogens is 1. The predicted octanol–water partition coefficient (Wildman–Crippen LogP) is 1.29. The summed E-state index contributed by atoms with van der Waals surface area (Å²) < 4.78 is 0. The number of piperazine rings is 1. The van der Waals surface area contributed by atoms with Gasteiger partial charge in [-0.05, 0) is 13.1 Å². The number of nitrogens with zero attached hydrogens (tertiary/aromatic N) is 4. The van der Waals surface area contributed by atoms with Gasteiger partial charge in [-0.15, -0.1) is 0 Å². The van der Waals surface area contributed by atoms with Gasteiger partial charge in [0.05, 0.1) is 21.7 Å². The third-order valence-electron chi connectivity index (χ3n) is 4.10. The maximum Gasteiger partial charge on any atom is 0.271 e. The molecule has 8 heteroatoms. The number of hydrogen-bond donors (Lipinski definition) is 1. The van der Waals surface area contributed by atoms with Crippen LogP contribution in [0, 0.1) is 10.1 Å². The van der Waals surface area contributed by atoms with Gasteiger partial charge in [-0.2, -0.15) is 0 Å². The molecule has 23 heavy (non-hydrogen) atoms. The largest absolute Gasteiger partial charge is 0.390 e. The number of benzene rings is 1. The highest BCUT2D eigenvalue weighted by molar-refractivity contribution is 6.33. The van der Waals surface area contributed by atoms with E-state index in [-0.39, 0.29) is 5.69 Å². The van der Waals surface area contributed by atoms with Crippen LogP contribution in [0.5, 0.6) is 0 Å². The van der Waals surface area contributed by atoms with Gasteiger partial charge in [0.15, 0.2) is 0 Å². The highest BCUT2D eigenvalue weighted by atomic mass is 35.5. The second kappa shape index (κ2) is 7.92. The van der Waals surface area contributed by atoms with Crippen LogP contribution >= 0.6 is 11.6 Å². The second-order valence-corrected chi connectivity index (χ2v) is 6.44. The van der Waals surface area contributed by atoms with Crippen molar-refractivity contribution in [1.29, 1.82) is 0 Å². The van der Waals surface area contributed by atoms with Crippen LogP contribution < -0.4 is 4.90 Å². The van der Waals surface area contributed by atoms with E-state index in [4.69, 9.17) is 11.6 Å². The summed E-state index contributed by atoms with van der Waals surface area (Å²) in [6.07, 6.45) is -0.505. The molecule has 1 aliphatic rings. The molecule has 0 spiro atoms. The molecule has 2 rings (SSSR count). The number of anilines is 1. The molecule has 1 N–H and O–H groups in total. The molecule has 1 atom stereocenters. The molecule has 128 valence electrons. The molecular weight excluding hydrogens is 320 g/mol. The standard InChI is InChI=1S/C15H23ClN4O3/c1-17-5-7-19(8-6-17)11-13(21)10-18(2)15-4-3-12(20(22)23)9-14(15)16/h3-4,9,13,21H,5-8,10-11H2,1-2H3. The van der Waals surface area contributed by atoms with Crippen LogP contribution in [-0.4, -0.2) is 79.3 Å². The molecule has 0 amide bonds. The lowest BCUT2D eigenvalue weighted by Crippen LogP contribution is -2.48. The summed E-state index contributed by atoms with van der Waals surface area (Å²) in [4.78, 5) is 16.6. The van der Waals surface area contributed by atoms with E-state index in [1.165, 1.54) is 12.1 Å². The molecule has 1 saturated heterocycles. The minimum Gasteiger partial charge on any atom is -0.390 e.